The molecule has 2 nitrogen and oxygen atoms in total. The van der Waals surface area contributed by atoms with Crippen molar-refractivity contribution in [1.82, 2.24) is 4.90 Å². The molecule has 1 saturated carbocycles. The van der Waals surface area contributed by atoms with E-state index in [1.54, 1.807) is 0 Å². The van der Waals surface area contributed by atoms with Crippen LogP contribution in [0.3, 0.4) is 0 Å². The average Bonchev–Trinajstić information content (AvgIpc) is 2.24. The quantitative estimate of drug-likeness (QED) is 0.766. The number of nitrogens with zero attached hydrogens (tertiary/aromatic N) is 2. The molecule has 5 heteroatoms. The zero-order chi connectivity index (χ0) is 14.8. The number of rotatable bonds is 2. The second-order valence-corrected chi connectivity index (χ2v) is 6.71. The maximum Gasteiger partial charge on any atom is 0.401 e. The van der Waals surface area contributed by atoms with Gasteiger partial charge >= 0.3 is 6.18 Å². The summed E-state index contributed by atoms with van der Waals surface area (Å²) in [5, 5.41) is 9.14. The highest BCUT2D eigenvalue weighted by Crippen LogP contribution is 2.41. The third-order valence-corrected chi connectivity index (χ3v) is 4.20. The van der Waals surface area contributed by atoms with Gasteiger partial charge in [-0.3, -0.25) is 4.90 Å². The van der Waals surface area contributed by atoms with Gasteiger partial charge in [-0.05, 0) is 37.6 Å². The monoisotopic (exact) mass is 276 g/mol. The van der Waals surface area contributed by atoms with Crippen molar-refractivity contribution in [3.05, 3.63) is 0 Å². The summed E-state index contributed by atoms with van der Waals surface area (Å²) in [6.07, 6.45) is -1.90. The van der Waals surface area contributed by atoms with Crippen LogP contribution in [-0.2, 0) is 0 Å². The molecule has 0 radical (unpaired) electrons. The zero-order valence-electron chi connectivity index (χ0n) is 12.1. The van der Waals surface area contributed by atoms with Gasteiger partial charge in [0, 0.05) is 6.04 Å². The largest absolute Gasteiger partial charge is 0.401 e. The fourth-order valence-corrected chi connectivity index (χ4v) is 2.97. The summed E-state index contributed by atoms with van der Waals surface area (Å²) in [5.41, 5.74) is 0.0811. The smallest absolute Gasteiger partial charge is 0.294 e. The maximum absolute atomic E-state index is 12.5. The summed E-state index contributed by atoms with van der Waals surface area (Å²) in [4.78, 5) is 1.31. The summed E-state index contributed by atoms with van der Waals surface area (Å²) in [6, 6.07) is 1.90. The normalized spacial score (nSPS) is 29.3. The van der Waals surface area contributed by atoms with Crippen molar-refractivity contribution in [2.45, 2.75) is 52.3 Å². The van der Waals surface area contributed by atoms with Crippen LogP contribution >= 0.6 is 0 Å². The first-order chi connectivity index (χ1) is 8.54. The molecule has 110 valence electrons. The Morgan fingerprint density at radius 2 is 1.79 bits per heavy atom. The first kappa shape index (κ1) is 16.3. The summed E-state index contributed by atoms with van der Waals surface area (Å²) >= 11 is 0. The van der Waals surface area contributed by atoms with Gasteiger partial charge in [-0.1, -0.05) is 20.8 Å². The molecule has 0 aromatic rings. The van der Waals surface area contributed by atoms with Gasteiger partial charge in [-0.15, -0.1) is 0 Å². The number of hydrogen-bond donors (Lipinski definition) is 0. The lowest BCUT2D eigenvalue weighted by molar-refractivity contribution is -0.151. The number of halogens is 3. The van der Waals surface area contributed by atoms with E-state index in [1.165, 1.54) is 11.9 Å². The predicted octanol–water partition coefficient (Wildman–Crippen LogP) is 3.84. The predicted molar refractivity (Wildman–Crippen MR) is 68.4 cm³/mol. The van der Waals surface area contributed by atoms with Crippen LogP contribution in [0, 0.1) is 28.6 Å². The van der Waals surface area contributed by atoms with Crippen LogP contribution in [0.4, 0.5) is 13.2 Å². The molecule has 0 saturated heterocycles. The van der Waals surface area contributed by atoms with E-state index in [9.17, 15) is 13.2 Å². The van der Waals surface area contributed by atoms with Crippen LogP contribution in [0.5, 0.6) is 0 Å². The Kier molecular flexibility index (Phi) is 4.89. The Bertz CT molecular complexity index is 338. The van der Waals surface area contributed by atoms with Crippen molar-refractivity contribution in [3.63, 3.8) is 0 Å². The van der Waals surface area contributed by atoms with Crippen LogP contribution in [0.2, 0.25) is 0 Å². The summed E-state index contributed by atoms with van der Waals surface area (Å²) < 4.78 is 37.5. The van der Waals surface area contributed by atoms with Crippen molar-refractivity contribution < 1.29 is 13.2 Å². The minimum Gasteiger partial charge on any atom is -0.294 e. The molecule has 3 atom stereocenters. The fourth-order valence-electron chi connectivity index (χ4n) is 2.97. The second kappa shape index (κ2) is 5.70. The van der Waals surface area contributed by atoms with Crippen molar-refractivity contribution >= 4 is 0 Å². The molecule has 0 spiro atoms. The molecule has 0 aromatic carbocycles. The van der Waals surface area contributed by atoms with Gasteiger partial charge in [0.05, 0.1) is 18.5 Å². The molecule has 0 N–H and O–H groups in total. The van der Waals surface area contributed by atoms with E-state index in [2.05, 4.69) is 26.8 Å². The van der Waals surface area contributed by atoms with E-state index in [0.29, 0.717) is 18.8 Å². The summed E-state index contributed by atoms with van der Waals surface area (Å²) in [5.74, 6) is 0.0868. The molecular weight excluding hydrogens is 253 g/mol. The van der Waals surface area contributed by atoms with E-state index >= 15 is 0 Å². The topological polar surface area (TPSA) is 27.0 Å². The van der Waals surface area contributed by atoms with Crippen molar-refractivity contribution in [1.29, 1.82) is 5.26 Å². The van der Waals surface area contributed by atoms with E-state index < -0.39 is 12.7 Å². The lowest BCUT2D eigenvalue weighted by atomic mass is 9.68. The van der Waals surface area contributed by atoms with Gasteiger partial charge in [0.15, 0.2) is 0 Å². The molecule has 19 heavy (non-hydrogen) atoms. The fraction of sp³-hybridized carbons (Fsp3) is 0.929. The lowest BCUT2D eigenvalue weighted by Crippen LogP contribution is -2.47. The Balaban J connectivity index is 2.78. The number of hydrogen-bond acceptors (Lipinski definition) is 2. The molecule has 0 heterocycles. The van der Waals surface area contributed by atoms with Gasteiger partial charge < -0.3 is 0 Å². The van der Waals surface area contributed by atoms with Crippen molar-refractivity contribution in [2.75, 3.05) is 13.6 Å². The van der Waals surface area contributed by atoms with Crippen LogP contribution in [-0.4, -0.2) is 30.7 Å². The molecule has 3 unspecified atom stereocenters. The maximum atomic E-state index is 12.5. The van der Waals surface area contributed by atoms with E-state index in [1.807, 2.05) is 0 Å². The molecule has 0 aromatic heterocycles. The molecule has 1 rings (SSSR count). The van der Waals surface area contributed by atoms with Crippen LogP contribution < -0.4 is 0 Å². The van der Waals surface area contributed by atoms with Crippen molar-refractivity contribution in [2.24, 2.45) is 17.3 Å². The zero-order valence-corrected chi connectivity index (χ0v) is 12.1. The third kappa shape index (κ3) is 4.68. The highest BCUT2D eigenvalue weighted by atomic mass is 19.4. The molecule has 1 fully saturated rings. The van der Waals surface area contributed by atoms with E-state index in [-0.39, 0.29) is 17.4 Å². The molecule has 0 aliphatic heterocycles. The standard InChI is InChI=1S/C14H23F3N2/c1-13(2,3)11-6-5-10(8-18)12(7-11)19(4)9-14(15,16)17/h10-12H,5-7,9H2,1-4H3. The number of alkyl halides is 3. The minimum atomic E-state index is -4.20. The molecule has 1 aliphatic carbocycles. The van der Waals surface area contributed by atoms with Crippen LogP contribution in [0.15, 0.2) is 0 Å². The molecule has 0 bridgehead atoms. The Hall–Kier alpha value is -0.760. The van der Waals surface area contributed by atoms with Gasteiger partial charge in [-0.2, -0.15) is 18.4 Å². The van der Waals surface area contributed by atoms with Gasteiger partial charge in [-0.25, -0.2) is 0 Å². The van der Waals surface area contributed by atoms with Gasteiger partial charge in [0.25, 0.3) is 0 Å². The Labute approximate surface area is 113 Å². The second-order valence-electron chi connectivity index (χ2n) is 6.71. The Morgan fingerprint density at radius 1 is 1.21 bits per heavy atom. The minimum absolute atomic E-state index is 0.0811. The van der Waals surface area contributed by atoms with Crippen molar-refractivity contribution in [3.8, 4) is 6.07 Å². The van der Waals surface area contributed by atoms with Gasteiger partial charge in [0.2, 0.25) is 0 Å². The first-order valence-electron chi connectivity index (χ1n) is 6.71. The molecular formula is C14H23F3N2. The molecule has 1 aliphatic rings. The van der Waals surface area contributed by atoms with Crippen LogP contribution in [0.1, 0.15) is 40.0 Å². The summed E-state index contributed by atoms with van der Waals surface area (Å²) in [6.45, 7) is 5.41. The lowest BCUT2D eigenvalue weighted by Gasteiger charge is -2.43. The number of nitriles is 1. The summed E-state index contributed by atoms with van der Waals surface area (Å²) in [7, 11) is 1.48. The third-order valence-electron chi connectivity index (χ3n) is 4.20. The van der Waals surface area contributed by atoms with Gasteiger partial charge in [0.1, 0.15) is 0 Å². The Morgan fingerprint density at radius 3 is 2.21 bits per heavy atom. The highest BCUT2D eigenvalue weighted by molar-refractivity contribution is 4.99. The van der Waals surface area contributed by atoms with Crippen LogP contribution in [0.25, 0.3) is 0 Å². The van der Waals surface area contributed by atoms with E-state index in [4.69, 9.17) is 5.26 Å². The SMILES string of the molecule is CN(CC(F)(F)F)C1CC(C(C)(C)C)CCC1C#N. The van der Waals surface area contributed by atoms with E-state index in [0.717, 1.165) is 6.42 Å². The highest BCUT2D eigenvalue weighted by Gasteiger charge is 2.40. The average molecular weight is 276 g/mol. The molecule has 0 amide bonds. The first-order valence-corrected chi connectivity index (χ1v) is 6.71.